The number of rotatable bonds is 7. The summed E-state index contributed by atoms with van der Waals surface area (Å²) >= 11 is 0. The molecule has 2 aromatic carbocycles. The van der Waals surface area contributed by atoms with E-state index < -0.39 is 0 Å². The standard InChI is InChI=1S/C23H28N2O2/c1-16(2)18-9-7-17(8-10-18)13-25-14-20(15-25)27-22-6-4-3-5-21(22)23(26)24-19-11-12-19/h3-10,16,19-20H,11-15H2,1-2H3,(H,24,26). The highest BCUT2D eigenvalue weighted by molar-refractivity contribution is 5.97. The highest BCUT2D eigenvalue weighted by atomic mass is 16.5. The Morgan fingerprint density at radius 3 is 2.48 bits per heavy atom. The van der Waals surface area contributed by atoms with Crippen molar-refractivity contribution >= 4 is 5.91 Å². The minimum Gasteiger partial charge on any atom is -0.487 e. The minimum atomic E-state index is -0.0190. The number of para-hydroxylation sites is 1. The number of hydrogen-bond acceptors (Lipinski definition) is 3. The van der Waals surface area contributed by atoms with E-state index in [2.05, 4.69) is 48.3 Å². The van der Waals surface area contributed by atoms with E-state index in [4.69, 9.17) is 4.74 Å². The quantitative estimate of drug-likeness (QED) is 0.808. The number of carbonyl (C=O) groups excluding carboxylic acids is 1. The molecule has 0 bridgehead atoms. The first kappa shape index (κ1) is 18.1. The fourth-order valence-electron chi connectivity index (χ4n) is 3.42. The molecular weight excluding hydrogens is 336 g/mol. The van der Waals surface area contributed by atoms with E-state index >= 15 is 0 Å². The summed E-state index contributed by atoms with van der Waals surface area (Å²) in [4.78, 5) is 14.8. The molecule has 142 valence electrons. The van der Waals surface area contributed by atoms with Crippen molar-refractivity contribution < 1.29 is 9.53 Å². The summed E-state index contributed by atoms with van der Waals surface area (Å²) in [6.45, 7) is 7.17. The average Bonchev–Trinajstić information content (AvgIpc) is 3.44. The van der Waals surface area contributed by atoms with E-state index in [1.807, 2.05) is 24.3 Å². The Morgan fingerprint density at radius 2 is 1.81 bits per heavy atom. The van der Waals surface area contributed by atoms with Crippen molar-refractivity contribution in [2.24, 2.45) is 0 Å². The van der Waals surface area contributed by atoms with Gasteiger partial charge < -0.3 is 10.1 Å². The van der Waals surface area contributed by atoms with Gasteiger partial charge in [0.05, 0.1) is 5.56 Å². The van der Waals surface area contributed by atoms with E-state index in [0.717, 1.165) is 32.5 Å². The number of ether oxygens (including phenoxy) is 1. The molecule has 2 aliphatic rings. The first-order valence-corrected chi connectivity index (χ1v) is 9.96. The van der Waals surface area contributed by atoms with Crippen molar-refractivity contribution in [1.82, 2.24) is 10.2 Å². The van der Waals surface area contributed by atoms with Crippen LogP contribution in [0, 0.1) is 0 Å². The molecule has 1 heterocycles. The van der Waals surface area contributed by atoms with Gasteiger partial charge in [0.1, 0.15) is 11.9 Å². The van der Waals surface area contributed by atoms with Crippen LogP contribution in [0.1, 0.15) is 54.1 Å². The summed E-state index contributed by atoms with van der Waals surface area (Å²) in [6.07, 6.45) is 2.32. The molecule has 4 nitrogen and oxygen atoms in total. The van der Waals surface area contributed by atoms with Crippen molar-refractivity contribution in [3.05, 3.63) is 65.2 Å². The topological polar surface area (TPSA) is 41.6 Å². The summed E-state index contributed by atoms with van der Waals surface area (Å²) < 4.78 is 6.12. The Balaban J connectivity index is 1.29. The van der Waals surface area contributed by atoms with E-state index in [9.17, 15) is 4.79 Å². The normalized spacial score (nSPS) is 17.6. The SMILES string of the molecule is CC(C)c1ccc(CN2CC(Oc3ccccc3C(=O)NC3CC3)C2)cc1. The van der Waals surface area contributed by atoms with Gasteiger partial charge in [-0.15, -0.1) is 0 Å². The van der Waals surface area contributed by atoms with Gasteiger partial charge >= 0.3 is 0 Å². The monoisotopic (exact) mass is 364 g/mol. The maximum Gasteiger partial charge on any atom is 0.255 e. The van der Waals surface area contributed by atoms with Gasteiger partial charge in [-0.2, -0.15) is 0 Å². The molecule has 1 aliphatic carbocycles. The van der Waals surface area contributed by atoms with E-state index in [0.29, 0.717) is 23.3 Å². The Labute approximate surface area is 161 Å². The van der Waals surface area contributed by atoms with Crippen LogP contribution in [-0.2, 0) is 6.54 Å². The van der Waals surface area contributed by atoms with Gasteiger partial charge in [0.25, 0.3) is 5.91 Å². The lowest BCUT2D eigenvalue weighted by molar-refractivity contribution is 0.0140. The zero-order valence-corrected chi connectivity index (χ0v) is 16.2. The molecule has 1 saturated carbocycles. The molecule has 1 amide bonds. The minimum absolute atomic E-state index is 0.0190. The van der Waals surface area contributed by atoms with Crippen molar-refractivity contribution in [1.29, 1.82) is 0 Å². The van der Waals surface area contributed by atoms with Crippen LogP contribution >= 0.6 is 0 Å². The van der Waals surface area contributed by atoms with Gasteiger partial charge in [0.2, 0.25) is 0 Å². The van der Waals surface area contributed by atoms with Crippen molar-refractivity contribution in [2.75, 3.05) is 13.1 Å². The van der Waals surface area contributed by atoms with Crippen LogP contribution in [0.25, 0.3) is 0 Å². The van der Waals surface area contributed by atoms with E-state index in [-0.39, 0.29) is 12.0 Å². The largest absolute Gasteiger partial charge is 0.487 e. The number of hydrogen-bond donors (Lipinski definition) is 1. The van der Waals surface area contributed by atoms with Gasteiger partial charge in [-0.05, 0) is 42.0 Å². The molecule has 0 atom stereocenters. The predicted octanol–water partition coefficient (Wildman–Crippen LogP) is 3.97. The van der Waals surface area contributed by atoms with Crippen LogP contribution in [0.3, 0.4) is 0 Å². The molecule has 1 N–H and O–H groups in total. The molecule has 2 fully saturated rings. The summed E-state index contributed by atoms with van der Waals surface area (Å²) in [5, 5.41) is 3.04. The second-order valence-electron chi connectivity index (χ2n) is 8.07. The number of nitrogens with one attached hydrogen (secondary N) is 1. The molecule has 0 spiro atoms. The third-order valence-electron chi connectivity index (χ3n) is 5.31. The molecule has 0 unspecified atom stereocenters. The maximum atomic E-state index is 12.4. The zero-order chi connectivity index (χ0) is 18.8. The van der Waals surface area contributed by atoms with Crippen molar-refractivity contribution in [3.8, 4) is 5.75 Å². The first-order valence-electron chi connectivity index (χ1n) is 9.96. The van der Waals surface area contributed by atoms with Crippen LogP contribution in [0.15, 0.2) is 48.5 Å². The Hall–Kier alpha value is -2.33. The second kappa shape index (κ2) is 7.73. The molecule has 27 heavy (non-hydrogen) atoms. The molecule has 0 aromatic heterocycles. The Morgan fingerprint density at radius 1 is 1.11 bits per heavy atom. The molecule has 4 heteroatoms. The van der Waals surface area contributed by atoms with E-state index in [1.165, 1.54) is 11.1 Å². The second-order valence-corrected chi connectivity index (χ2v) is 8.07. The fourth-order valence-corrected chi connectivity index (χ4v) is 3.42. The van der Waals surface area contributed by atoms with Gasteiger partial charge in [-0.25, -0.2) is 0 Å². The molecule has 1 aliphatic heterocycles. The number of nitrogens with zero attached hydrogens (tertiary/aromatic N) is 1. The first-order chi connectivity index (χ1) is 13.1. The highest BCUT2D eigenvalue weighted by Crippen LogP contribution is 2.26. The van der Waals surface area contributed by atoms with Crippen molar-refractivity contribution in [2.45, 2.75) is 51.3 Å². The van der Waals surface area contributed by atoms with Gasteiger partial charge in [-0.3, -0.25) is 9.69 Å². The maximum absolute atomic E-state index is 12.4. The average molecular weight is 364 g/mol. The summed E-state index contributed by atoms with van der Waals surface area (Å²) in [7, 11) is 0. The van der Waals surface area contributed by atoms with Crippen LogP contribution < -0.4 is 10.1 Å². The molecule has 2 aromatic rings. The van der Waals surface area contributed by atoms with Gasteiger partial charge in [0.15, 0.2) is 0 Å². The lowest BCUT2D eigenvalue weighted by Crippen LogP contribution is -2.53. The van der Waals surface area contributed by atoms with Gasteiger partial charge in [-0.1, -0.05) is 50.2 Å². The number of benzene rings is 2. The van der Waals surface area contributed by atoms with Crippen molar-refractivity contribution in [3.63, 3.8) is 0 Å². The summed E-state index contributed by atoms with van der Waals surface area (Å²) in [5.74, 6) is 1.24. The lowest BCUT2D eigenvalue weighted by Gasteiger charge is -2.39. The van der Waals surface area contributed by atoms with Crippen LogP contribution in [0.4, 0.5) is 0 Å². The Bertz CT molecular complexity index is 790. The molecule has 0 radical (unpaired) electrons. The van der Waals surface area contributed by atoms with Crippen LogP contribution in [0.5, 0.6) is 5.75 Å². The summed E-state index contributed by atoms with van der Waals surface area (Å²) in [5.41, 5.74) is 3.36. The predicted molar refractivity (Wildman–Crippen MR) is 107 cm³/mol. The van der Waals surface area contributed by atoms with Gasteiger partial charge in [0, 0.05) is 25.7 Å². The fraction of sp³-hybridized carbons (Fsp3) is 0.435. The third kappa shape index (κ3) is 4.51. The summed E-state index contributed by atoms with van der Waals surface area (Å²) in [6, 6.07) is 16.8. The number of carbonyl (C=O) groups is 1. The molecule has 4 rings (SSSR count). The number of amides is 1. The van der Waals surface area contributed by atoms with Crippen LogP contribution in [0.2, 0.25) is 0 Å². The van der Waals surface area contributed by atoms with E-state index in [1.54, 1.807) is 0 Å². The highest BCUT2D eigenvalue weighted by Gasteiger charge is 2.30. The lowest BCUT2D eigenvalue weighted by atomic mass is 10.0. The Kier molecular flexibility index (Phi) is 5.17. The molecular formula is C23H28N2O2. The smallest absolute Gasteiger partial charge is 0.255 e. The third-order valence-corrected chi connectivity index (χ3v) is 5.31. The number of likely N-dealkylation sites (tertiary alicyclic amines) is 1. The molecule has 1 saturated heterocycles. The zero-order valence-electron chi connectivity index (χ0n) is 16.2. The van der Waals surface area contributed by atoms with Crippen LogP contribution in [-0.4, -0.2) is 36.0 Å².